The van der Waals surface area contributed by atoms with E-state index in [4.69, 9.17) is 0 Å². The first-order valence-corrected chi connectivity index (χ1v) is 6.68. The highest BCUT2D eigenvalue weighted by molar-refractivity contribution is 6.05. The van der Waals surface area contributed by atoms with Crippen molar-refractivity contribution in [1.29, 1.82) is 0 Å². The molecule has 0 saturated carbocycles. The van der Waals surface area contributed by atoms with Crippen LogP contribution in [0.15, 0.2) is 48.5 Å². The summed E-state index contributed by atoms with van der Waals surface area (Å²) in [5.74, 6) is -0.304. The molecule has 110 valence electrons. The van der Waals surface area contributed by atoms with E-state index in [9.17, 15) is 14.9 Å². The molecule has 1 aromatic heterocycles. The van der Waals surface area contributed by atoms with E-state index in [2.05, 4.69) is 10.3 Å². The van der Waals surface area contributed by atoms with Crippen molar-refractivity contribution < 1.29 is 9.72 Å². The monoisotopic (exact) mass is 295 g/mol. The van der Waals surface area contributed by atoms with Gasteiger partial charge >= 0.3 is 0 Å². The van der Waals surface area contributed by atoms with Crippen molar-refractivity contribution in [3.63, 3.8) is 0 Å². The van der Waals surface area contributed by atoms with Crippen LogP contribution in [-0.4, -0.2) is 15.8 Å². The summed E-state index contributed by atoms with van der Waals surface area (Å²) in [6.07, 6.45) is 0. The lowest BCUT2D eigenvalue weighted by Crippen LogP contribution is -2.11. The smallest absolute Gasteiger partial charge is 0.269 e. The highest BCUT2D eigenvalue weighted by Crippen LogP contribution is 2.20. The zero-order chi connectivity index (χ0) is 15.7. The molecule has 0 radical (unpaired) electrons. The van der Waals surface area contributed by atoms with Crippen molar-refractivity contribution in [2.45, 2.75) is 6.92 Å². The van der Waals surface area contributed by atoms with Gasteiger partial charge in [-0.2, -0.15) is 0 Å². The number of nitrogens with one attached hydrogen (secondary N) is 2. The molecule has 1 amide bonds. The summed E-state index contributed by atoms with van der Waals surface area (Å²) >= 11 is 0. The second-order valence-corrected chi connectivity index (χ2v) is 5.01. The van der Waals surface area contributed by atoms with Crippen molar-refractivity contribution >= 4 is 28.2 Å². The number of aryl methyl sites for hydroxylation is 1. The molecule has 1 heterocycles. The fourth-order valence-electron chi connectivity index (χ4n) is 2.29. The number of hydrogen-bond donors (Lipinski definition) is 2. The summed E-state index contributed by atoms with van der Waals surface area (Å²) in [7, 11) is 0. The number of aromatic nitrogens is 1. The number of carbonyl (C=O) groups excluding carboxylic acids is 1. The third-order valence-corrected chi connectivity index (χ3v) is 3.35. The molecule has 0 spiro atoms. The molecular weight excluding hydrogens is 282 g/mol. The van der Waals surface area contributed by atoms with Gasteiger partial charge in [-0.25, -0.2) is 0 Å². The Kier molecular flexibility index (Phi) is 3.34. The highest BCUT2D eigenvalue weighted by Gasteiger charge is 2.10. The van der Waals surface area contributed by atoms with Crippen LogP contribution in [0.2, 0.25) is 0 Å². The molecule has 6 heteroatoms. The van der Waals surface area contributed by atoms with E-state index in [1.807, 2.05) is 31.2 Å². The number of benzene rings is 2. The molecule has 2 aromatic carbocycles. The number of fused-ring (bicyclic) bond motifs is 1. The summed E-state index contributed by atoms with van der Waals surface area (Å²) in [6.45, 7) is 1.97. The summed E-state index contributed by atoms with van der Waals surface area (Å²) in [5, 5.41) is 14.4. The number of nitro benzene ring substituents is 1. The zero-order valence-corrected chi connectivity index (χ0v) is 11.8. The minimum absolute atomic E-state index is 0.0410. The van der Waals surface area contributed by atoms with E-state index in [1.165, 1.54) is 24.3 Å². The number of amides is 1. The topological polar surface area (TPSA) is 88.0 Å². The van der Waals surface area contributed by atoms with Crippen LogP contribution in [0.1, 0.15) is 16.1 Å². The second kappa shape index (κ2) is 5.33. The lowest BCUT2D eigenvalue weighted by Gasteiger charge is -2.05. The third kappa shape index (κ3) is 2.67. The quantitative estimate of drug-likeness (QED) is 0.571. The molecule has 0 unspecified atom stereocenters. The number of carbonyl (C=O) groups is 1. The predicted octanol–water partition coefficient (Wildman–Crippen LogP) is 3.64. The summed E-state index contributed by atoms with van der Waals surface area (Å²) < 4.78 is 0. The van der Waals surface area contributed by atoms with Crippen molar-refractivity contribution in [3.8, 4) is 0 Å². The van der Waals surface area contributed by atoms with Crippen LogP contribution >= 0.6 is 0 Å². The minimum atomic E-state index is -0.496. The minimum Gasteiger partial charge on any atom is -0.359 e. The normalized spacial score (nSPS) is 10.6. The number of nitrogens with zero attached hydrogens (tertiary/aromatic N) is 1. The number of non-ortho nitro benzene ring substituents is 1. The standard InChI is InChI=1S/C16H13N3O3/c1-10-8-12-9-13(4-7-15(12)17-10)18-16(20)11-2-5-14(6-3-11)19(21)22/h2-9,17H,1H3,(H,18,20). The van der Waals surface area contributed by atoms with Gasteiger partial charge in [-0.3, -0.25) is 14.9 Å². The predicted molar refractivity (Wildman–Crippen MR) is 84.1 cm³/mol. The van der Waals surface area contributed by atoms with Crippen LogP contribution in [0, 0.1) is 17.0 Å². The first-order valence-electron chi connectivity index (χ1n) is 6.68. The van der Waals surface area contributed by atoms with Crippen LogP contribution in [0.4, 0.5) is 11.4 Å². The maximum Gasteiger partial charge on any atom is 0.269 e. The molecule has 0 aliphatic heterocycles. The number of H-pyrrole nitrogens is 1. The Morgan fingerprint density at radius 3 is 2.55 bits per heavy atom. The molecule has 0 aliphatic rings. The highest BCUT2D eigenvalue weighted by atomic mass is 16.6. The Hall–Kier alpha value is -3.15. The van der Waals surface area contributed by atoms with E-state index in [-0.39, 0.29) is 11.6 Å². The Labute approximate surface area is 125 Å². The Bertz CT molecular complexity index is 866. The molecule has 0 bridgehead atoms. The molecule has 0 fully saturated rings. The first-order chi connectivity index (χ1) is 10.5. The molecule has 6 nitrogen and oxygen atoms in total. The van der Waals surface area contributed by atoms with Gasteiger partial charge in [0, 0.05) is 40.0 Å². The maximum atomic E-state index is 12.1. The average molecular weight is 295 g/mol. The number of nitro groups is 1. The lowest BCUT2D eigenvalue weighted by atomic mass is 10.2. The van der Waals surface area contributed by atoms with Gasteiger partial charge in [0.15, 0.2) is 0 Å². The van der Waals surface area contributed by atoms with Gasteiger partial charge in [0.2, 0.25) is 0 Å². The van der Waals surface area contributed by atoms with E-state index >= 15 is 0 Å². The Morgan fingerprint density at radius 2 is 1.86 bits per heavy atom. The van der Waals surface area contributed by atoms with Gasteiger partial charge in [-0.15, -0.1) is 0 Å². The lowest BCUT2D eigenvalue weighted by molar-refractivity contribution is -0.384. The van der Waals surface area contributed by atoms with Crippen LogP contribution in [0.3, 0.4) is 0 Å². The molecule has 0 saturated heterocycles. The van der Waals surface area contributed by atoms with E-state index in [0.29, 0.717) is 11.3 Å². The van der Waals surface area contributed by atoms with Gasteiger partial charge in [0.1, 0.15) is 0 Å². The average Bonchev–Trinajstić information content (AvgIpc) is 2.86. The number of hydrogen-bond acceptors (Lipinski definition) is 3. The van der Waals surface area contributed by atoms with Gasteiger partial charge in [-0.05, 0) is 43.3 Å². The van der Waals surface area contributed by atoms with Crippen LogP contribution in [0.5, 0.6) is 0 Å². The van der Waals surface area contributed by atoms with Crippen molar-refractivity contribution in [3.05, 3.63) is 69.9 Å². The van der Waals surface area contributed by atoms with Crippen molar-refractivity contribution in [2.24, 2.45) is 0 Å². The SMILES string of the molecule is Cc1cc2cc(NC(=O)c3ccc([N+](=O)[O-])cc3)ccc2[nH]1. The Balaban J connectivity index is 1.81. The van der Waals surface area contributed by atoms with E-state index in [0.717, 1.165) is 16.6 Å². The van der Waals surface area contributed by atoms with E-state index in [1.54, 1.807) is 0 Å². The zero-order valence-electron chi connectivity index (χ0n) is 11.8. The van der Waals surface area contributed by atoms with E-state index < -0.39 is 4.92 Å². The Morgan fingerprint density at radius 1 is 1.14 bits per heavy atom. The van der Waals surface area contributed by atoms with Gasteiger partial charge < -0.3 is 10.3 Å². The summed E-state index contributed by atoms with van der Waals surface area (Å²) in [5.41, 5.74) is 3.06. The van der Waals surface area contributed by atoms with Crippen LogP contribution < -0.4 is 5.32 Å². The fourth-order valence-corrected chi connectivity index (χ4v) is 2.29. The van der Waals surface area contributed by atoms with Crippen molar-refractivity contribution in [1.82, 2.24) is 4.98 Å². The van der Waals surface area contributed by atoms with Gasteiger partial charge in [0.05, 0.1) is 4.92 Å². The largest absolute Gasteiger partial charge is 0.359 e. The number of anilines is 1. The second-order valence-electron chi connectivity index (χ2n) is 5.01. The molecule has 0 atom stereocenters. The summed E-state index contributed by atoms with van der Waals surface area (Å²) in [6, 6.07) is 13.1. The molecule has 2 N–H and O–H groups in total. The number of aromatic amines is 1. The first kappa shape index (κ1) is 13.8. The number of rotatable bonds is 3. The molecule has 22 heavy (non-hydrogen) atoms. The van der Waals surface area contributed by atoms with Crippen LogP contribution in [-0.2, 0) is 0 Å². The third-order valence-electron chi connectivity index (χ3n) is 3.35. The van der Waals surface area contributed by atoms with Gasteiger partial charge in [-0.1, -0.05) is 0 Å². The molecule has 3 rings (SSSR count). The van der Waals surface area contributed by atoms with Crippen LogP contribution in [0.25, 0.3) is 10.9 Å². The molecule has 0 aliphatic carbocycles. The van der Waals surface area contributed by atoms with Crippen molar-refractivity contribution in [2.75, 3.05) is 5.32 Å². The van der Waals surface area contributed by atoms with Gasteiger partial charge in [0.25, 0.3) is 11.6 Å². The summed E-state index contributed by atoms with van der Waals surface area (Å²) in [4.78, 5) is 25.5. The molecular formula is C16H13N3O3. The maximum absolute atomic E-state index is 12.1. The molecule has 3 aromatic rings. The fraction of sp³-hybridized carbons (Fsp3) is 0.0625.